The molecule has 0 saturated heterocycles. The van der Waals surface area contributed by atoms with Gasteiger partial charge in [-0.2, -0.15) is 4.98 Å². The maximum absolute atomic E-state index is 5.95. The lowest BCUT2D eigenvalue weighted by Gasteiger charge is -2.14. The third-order valence-electron chi connectivity index (χ3n) is 2.20. The second kappa shape index (κ2) is 4.85. The van der Waals surface area contributed by atoms with E-state index in [4.69, 9.17) is 23.2 Å². The first-order chi connectivity index (χ1) is 8.08. The maximum Gasteiger partial charge on any atom is 0.224 e. The van der Waals surface area contributed by atoms with Crippen LogP contribution in [0.2, 0.25) is 10.3 Å². The predicted octanol–water partition coefficient (Wildman–Crippen LogP) is 2.08. The van der Waals surface area contributed by atoms with Gasteiger partial charge in [0.15, 0.2) is 5.82 Å². The summed E-state index contributed by atoms with van der Waals surface area (Å²) in [6.45, 7) is 1.93. The van der Waals surface area contributed by atoms with Crippen LogP contribution in [0.5, 0.6) is 0 Å². The molecule has 0 spiro atoms. The van der Waals surface area contributed by atoms with Crippen LogP contribution in [-0.2, 0) is 7.05 Å². The number of nitrogens with zero attached hydrogens (tertiary/aromatic N) is 5. The number of rotatable bonds is 3. The second-order valence-corrected chi connectivity index (χ2v) is 4.25. The topological polar surface area (TPSA) is 68.5 Å². The van der Waals surface area contributed by atoms with Gasteiger partial charge >= 0.3 is 0 Å². The molecule has 2 aromatic heterocycles. The average molecular weight is 273 g/mol. The quantitative estimate of drug-likeness (QED) is 0.867. The van der Waals surface area contributed by atoms with E-state index in [-0.39, 0.29) is 11.3 Å². The molecule has 0 amide bonds. The highest BCUT2D eigenvalue weighted by Crippen LogP contribution is 2.23. The highest BCUT2D eigenvalue weighted by Gasteiger charge is 2.13. The van der Waals surface area contributed by atoms with E-state index in [1.807, 2.05) is 18.5 Å². The molecular formula is C9H10Cl2N6. The molecule has 0 bridgehead atoms. The van der Waals surface area contributed by atoms with Gasteiger partial charge in [0, 0.05) is 7.05 Å². The largest absolute Gasteiger partial charge is 0.359 e. The van der Waals surface area contributed by atoms with E-state index in [0.29, 0.717) is 10.8 Å². The fraction of sp³-hybridized carbons (Fsp3) is 0.333. The Balaban J connectivity index is 2.21. The summed E-state index contributed by atoms with van der Waals surface area (Å²) in [4.78, 5) is 7.78. The number of aromatic nitrogens is 5. The summed E-state index contributed by atoms with van der Waals surface area (Å²) in [5, 5.41) is 11.5. The highest BCUT2D eigenvalue weighted by molar-refractivity contribution is 6.33. The van der Waals surface area contributed by atoms with Gasteiger partial charge in [-0.05, 0) is 18.5 Å². The molecule has 0 saturated carbocycles. The van der Waals surface area contributed by atoms with Gasteiger partial charge in [-0.3, -0.25) is 0 Å². The lowest BCUT2D eigenvalue weighted by molar-refractivity contribution is 0.716. The summed E-state index contributed by atoms with van der Waals surface area (Å²) >= 11 is 11.7. The number of nitrogens with one attached hydrogen (secondary N) is 1. The van der Waals surface area contributed by atoms with Crippen molar-refractivity contribution < 1.29 is 0 Å². The third-order valence-corrected chi connectivity index (χ3v) is 2.66. The summed E-state index contributed by atoms with van der Waals surface area (Å²) in [5.74, 6) is 1.25. The number of hydrogen-bond acceptors (Lipinski definition) is 5. The summed E-state index contributed by atoms with van der Waals surface area (Å²) in [6, 6.07) is -0.0917. The van der Waals surface area contributed by atoms with Crippen molar-refractivity contribution in [3.8, 4) is 0 Å². The maximum atomic E-state index is 5.95. The second-order valence-electron chi connectivity index (χ2n) is 3.50. The molecule has 8 heteroatoms. The molecule has 90 valence electrons. The first-order valence-corrected chi connectivity index (χ1v) is 5.62. The molecule has 0 radical (unpaired) electrons. The SMILES string of the molecule is CC(Nc1nc(Cl)ncc1Cl)c1nncn1C. The molecule has 0 aliphatic heterocycles. The van der Waals surface area contributed by atoms with Crippen LogP contribution in [0.25, 0.3) is 0 Å². The van der Waals surface area contributed by atoms with Gasteiger partial charge in [0.2, 0.25) is 5.28 Å². The Labute approximate surface area is 108 Å². The molecule has 17 heavy (non-hydrogen) atoms. The Hall–Kier alpha value is -1.40. The molecule has 2 heterocycles. The molecule has 0 aliphatic rings. The van der Waals surface area contributed by atoms with E-state index < -0.39 is 0 Å². The van der Waals surface area contributed by atoms with Gasteiger partial charge in [0.25, 0.3) is 0 Å². The van der Waals surface area contributed by atoms with Crippen LogP contribution in [0.1, 0.15) is 18.8 Å². The van der Waals surface area contributed by atoms with Gasteiger partial charge < -0.3 is 9.88 Å². The molecular weight excluding hydrogens is 263 g/mol. The van der Waals surface area contributed by atoms with Crippen molar-refractivity contribution in [3.63, 3.8) is 0 Å². The van der Waals surface area contributed by atoms with Crippen molar-refractivity contribution >= 4 is 29.0 Å². The van der Waals surface area contributed by atoms with Crippen molar-refractivity contribution in [1.82, 2.24) is 24.7 Å². The lowest BCUT2D eigenvalue weighted by atomic mass is 10.3. The van der Waals surface area contributed by atoms with Crippen LogP contribution in [0.3, 0.4) is 0 Å². The molecule has 2 aromatic rings. The molecule has 6 nitrogen and oxygen atoms in total. The number of anilines is 1. The van der Waals surface area contributed by atoms with Crippen LogP contribution in [0.4, 0.5) is 5.82 Å². The van der Waals surface area contributed by atoms with Crippen LogP contribution in [0, 0.1) is 0 Å². The standard InChI is InChI=1S/C9H10Cl2N6/c1-5(8-16-13-4-17(8)2)14-7-6(10)3-12-9(11)15-7/h3-5H,1-2H3,(H,12,14,15). The first-order valence-electron chi connectivity index (χ1n) is 4.86. The summed E-state index contributed by atoms with van der Waals surface area (Å²) in [7, 11) is 1.86. The molecule has 0 aliphatic carbocycles. The van der Waals surface area contributed by atoms with Gasteiger partial charge in [-0.1, -0.05) is 11.6 Å². The minimum absolute atomic E-state index is 0.0917. The Morgan fingerprint density at radius 3 is 2.82 bits per heavy atom. The van der Waals surface area contributed by atoms with Gasteiger partial charge in [0.1, 0.15) is 17.2 Å². The molecule has 0 fully saturated rings. The monoisotopic (exact) mass is 272 g/mol. The Morgan fingerprint density at radius 2 is 2.18 bits per heavy atom. The number of hydrogen-bond donors (Lipinski definition) is 1. The summed E-state index contributed by atoms with van der Waals surface area (Å²) in [5.41, 5.74) is 0. The van der Waals surface area contributed by atoms with E-state index in [1.54, 1.807) is 6.33 Å². The minimum atomic E-state index is -0.0917. The van der Waals surface area contributed by atoms with E-state index >= 15 is 0 Å². The van der Waals surface area contributed by atoms with Crippen LogP contribution in [-0.4, -0.2) is 24.7 Å². The van der Waals surface area contributed by atoms with E-state index in [9.17, 15) is 0 Å². The van der Waals surface area contributed by atoms with Crippen molar-refractivity contribution in [2.45, 2.75) is 13.0 Å². The Kier molecular flexibility index (Phi) is 3.44. The van der Waals surface area contributed by atoms with Crippen LogP contribution in [0.15, 0.2) is 12.5 Å². The zero-order chi connectivity index (χ0) is 12.4. The summed E-state index contributed by atoms with van der Waals surface area (Å²) in [6.07, 6.45) is 3.07. The molecule has 1 unspecified atom stereocenters. The predicted molar refractivity (Wildman–Crippen MR) is 65.1 cm³/mol. The van der Waals surface area contributed by atoms with Crippen molar-refractivity contribution in [3.05, 3.63) is 28.7 Å². The molecule has 2 rings (SSSR count). The fourth-order valence-corrected chi connectivity index (χ4v) is 1.68. The van der Waals surface area contributed by atoms with Crippen LogP contribution < -0.4 is 5.32 Å². The van der Waals surface area contributed by atoms with E-state index in [1.165, 1.54) is 6.20 Å². The zero-order valence-corrected chi connectivity index (χ0v) is 10.7. The smallest absolute Gasteiger partial charge is 0.224 e. The molecule has 0 aromatic carbocycles. The van der Waals surface area contributed by atoms with Crippen molar-refractivity contribution in [2.75, 3.05) is 5.32 Å². The first kappa shape index (κ1) is 12.1. The molecule has 1 atom stereocenters. The fourth-order valence-electron chi connectivity index (χ4n) is 1.40. The lowest BCUT2D eigenvalue weighted by Crippen LogP contribution is -2.13. The minimum Gasteiger partial charge on any atom is -0.359 e. The van der Waals surface area contributed by atoms with Gasteiger partial charge in [-0.15, -0.1) is 10.2 Å². The number of aryl methyl sites for hydroxylation is 1. The summed E-state index contributed by atoms with van der Waals surface area (Å²) < 4.78 is 1.81. The third kappa shape index (κ3) is 2.65. The van der Waals surface area contributed by atoms with Gasteiger partial charge in [-0.25, -0.2) is 4.98 Å². The molecule has 1 N–H and O–H groups in total. The average Bonchev–Trinajstić information content (AvgIpc) is 2.70. The van der Waals surface area contributed by atoms with E-state index in [2.05, 4.69) is 25.5 Å². The Morgan fingerprint density at radius 1 is 1.41 bits per heavy atom. The van der Waals surface area contributed by atoms with E-state index in [0.717, 1.165) is 5.82 Å². The van der Waals surface area contributed by atoms with Crippen molar-refractivity contribution in [1.29, 1.82) is 0 Å². The number of halogens is 2. The highest BCUT2D eigenvalue weighted by atomic mass is 35.5. The van der Waals surface area contributed by atoms with Crippen molar-refractivity contribution in [2.24, 2.45) is 7.05 Å². The van der Waals surface area contributed by atoms with Crippen LogP contribution >= 0.6 is 23.2 Å². The Bertz CT molecular complexity index is 526. The normalized spacial score (nSPS) is 12.5. The zero-order valence-electron chi connectivity index (χ0n) is 9.22. The van der Waals surface area contributed by atoms with Gasteiger partial charge in [0.05, 0.1) is 12.2 Å².